The standard InChI is InChI=1S/C24H33NO8S/c1-23(2,3)16-11-10-12-17(24(4,5)6)20(16)25(22(26)27)34(28,29)33-21-18(31-8)13-15(30-7)14-19(21)32-9/h10-14H,1-9H3,(H,26,27). The zero-order chi connectivity index (χ0) is 26.1. The molecule has 9 nitrogen and oxygen atoms in total. The zero-order valence-corrected chi connectivity index (χ0v) is 21.9. The van der Waals surface area contributed by atoms with Crippen LogP contribution in [0.25, 0.3) is 0 Å². The quantitative estimate of drug-likeness (QED) is 0.564. The van der Waals surface area contributed by atoms with Gasteiger partial charge in [-0.05, 0) is 22.0 Å². The molecule has 1 N–H and O–H groups in total. The second-order valence-corrected chi connectivity index (χ2v) is 11.0. The van der Waals surface area contributed by atoms with Crippen LogP contribution in [-0.2, 0) is 21.1 Å². The summed E-state index contributed by atoms with van der Waals surface area (Å²) in [6.45, 7) is 11.3. The van der Waals surface area contributed by atoms with Crippen molar-refractivity contribution in [3.63, 3.8) is 0 Å². The van der Waals surface area contributed by atoms with Gasteiger partial charge in [-0.15, -0.1) is 4.31 Å². The molecule has 0 fully saturated rings. The van der Waals surface area contributed by atoms with Gasteiger partial charge in [0.15, 0.2) is 11.5 Å². The van der Waals surface area contributed by atoms with Crippen LogP contribution in [0.1, 0.15) is 52.7 Å². The van der Waals surface area contributed by atoms with Crippen molar-refractivity contribution in [2.45, 2.75) is 52.4 Å². The van der Waals surface area contributed by atoms with E-state index in [1.54, 1.807) is 18.2 Å². The maximum atomic E-state index is 13.6. The Labute approximate surface area is 201 Å². The van der Waals surface area contributed by atoms with Gasteiger partial charge < -0.3 is 23.5 Å². The Hall–Kier alpha value is -3.14. The topological polar surface area (TPSA) is 112 Å². The van der Waals surface area contributed by atoms with Gasteiger partial charge >= 0.3 is 16.4 Å². The molecule has 2 aromatic carbocycles. The van der Waals surface area contributed by atoms with Gasteiger partial charge in [-0.1, -0.05) is 59.7 Å². The minimum atomic E-state index is -4.95. The number of hydrogen-bond donors (Lipinski definition) is 1. The number of ether oxygens (including phenoxy) is 3. The molecular formula is C24H33NO8S. The van der Waals surface area contributed by atoms with Crippen LogP contribution in [0.2, 0.25) is 0 Å². The number of carboxylic acid groups (broad SMARTS) is 1. The third kappa shape index (κ3) is 5.49. The first kappa shape index (κ1) is 27.1. The van der Waals surface area contributed by atoms with Crippen LogP contribution in [0.5, 0.6) is 23.0 Å². The Bertz CT molecular complexity index is 1100. The van der Waals surface area contributed by atoms with E-state index in [2.05, 4.69) is 0 Å². The molecule has 0 heterocycles. The highest BCUT2D eigenvalue weighted by Crippen LogP contribution is 2.45. The van der Waals surface area contributed by atoms with Crippen molar-refractivity contribution in [3.8, 4) is 23.0 Å². The number of carbonyl (C=O) groups is 1. The van der Waals surface area contributed by atoms with Crippen LogP contribution in [-0.4, -0.2) is 40.9 Å². The molecule has 0 saturated heterocycles. The molecule has 0 unspecified atom stereocenters. The number of rotatable bonds is 7. The second kappa shape index (κ2) is 9.61. The summed E-state index contributed by atoms with van der Waals surface area (Å²) in [5, 5.41) is 10.1. The zero-order valence-electron chi connectivity index (χ0n) is 21.0. The smallest absolute Gasteiger partial charge is 0.428 e. The van der Waals surface area contributed by atoms with Crippen molar-refractivity contribution < 1.29 is 36.7 Å². The van der Waals surface area contributed by atoms with Gasteiger partial charge in [0.05, 0.1) is 27.0 Å². The van der Waals surface area contributed by atoms with E-state index in [0.29, 0.717) is 16.9 Å². The summed E-state index contributed by atoms with van der Waals surface area (Å²) in [7, 11) is -0.890. The fourth-order valence-corrected chi connectivity index (χ4v) is 4.54. The Kier molecular flexibility index (Phi) is 7.67. The van der Waals surface area contributed by atoms with E-state index < -0.39 is 27.2 Å². The molecular weight excluding hydrogens is 462 g/mol. The van der Waals surface area contributed by atoms with Gasteiger partial charge in [0, 0.05) is 12.1 Å². The summed E-state index contributed by atoms with van der Waals surface area (Å²) in [4.78, 5) is 12.5. The fraction of sp³-hybridized carbons (Fsp3) is 0.458. The minimum Gasteiger partial charge on any atom is -0.496 e. The van der Waals surface area contributed by atoms with Gasteiger partial charge in [-0.25, -0.2) is 4.79 Å². The molecule has 0 saturated carbocycles. The predicted molar refractivity (Wildman–Crippen MR) is 130 cm³/mol. The molecule has 0 aliphatic carbocycles. The van der Waals surface area contributed by atoms with E-state index in [-0.39, 0.29) is 27.2 Å². The third-order valence-electron chi connectivity index (χ3n) is 5.11. The average Bonchev–Trinajstić information content (AvgIpc) is 2.71. The first-order valence-electron chi connectivity index (χ1n) is 10.5. The van der Waals surface area contributed by atoms with Crippen molar-refractivity contribution in [1.29, 1.82) is 0 Å². The summed E-state index contributed by atoms with van der Waals surface area (Å²) in [6, 6.07) is 8.02. The maximum Gasteiger partial charge on any atom is 0.428 e. The van der Waals surface area contributed by atoms with Crippen LogP contribution in [0, 0.1) is 0 Å². The molecule has 0 spiro atoms. The number of amides is 1. The summed E-state index contributed by atoms with van der Waals surface area (Å²) in [6.07, 6.45) is -1.71. The first-order chi connectivity index (χ1) is 15.6. The highest BCUT2D eigenvalue weighted by atomic mass is 32.2. The first-order valence-corrected chi connectivity index (χ1v) is 11.9. The van der Waals surface area contributed by atoms with Gasteiger partial charge in [0.2, 0.25) is 5.75 Å². The molecule has 2 rings (SSSR count). The largest absolute Gasteiger partial charge is 0.496 e. The maximum absolute atomic E-state index is 13.6. The van der Waals surface area contributed by atoms with E-state index in [1.165, 1.54) is 33.5 Å². The molecule has 0 aliphatic heterocycles. The number of anilines is 1. The number of para-hydroxylation sites is 1. The lowest BCUT2D eigenvalue weighted by molar-refractivity contribution is 0.205. The SMILES string of the molecule is COc1cc(OC)c(OS(=O)(=O)N(C(=O)O)c2c(C(C)(C)C)cccc2C(C)(C)C)c(OC)c1. The highest BCUT2D eigenvalue weighted by Gasteiger charge is 2.40. The van der Waals surface area contributed by atoms with Crippen LogP contribution in [0.4, 0.5) is 10.5 Å². The number of nitrogens with zero attached hydrogens (tertiary/aromatic N) is 1. The van der Waals surface area contributed by atoms with Crippen molar-refractivity contribution in [2.24, 2.45) is 0 Å². The molecule has 188 valence electrons. The third-order valence-corrected chi connectivity index (χ3v) is 6.27. The normalized spacial score (nSPS) is 12.1. The number of benzene rings is 2. The Morgan fingerprint density at radius 3 is 1.62 bits per heavy atom. The summed E-state index contributed by atoms with van der Waals surface area (Å²) < 4.78 is 48.5. The van der Waals surface area contributed by atoms with Crippen LogP contribution >= 0.6 is 0 Å². The monoisotopic (exact) mass is 495 g/mol. The lowest BCUT2D eigenvalue weighted by Crippen LogP contribution is -2.41. The van der Waals surface area contributed by atoms with E-state index in [1.807, 2.05) is 41.5 Å². The number of hydrogen-bond acceptors (Lipinski definition) is 7. The second-order valence-electron chi connectivity index (χ2n) is 9.65. The molecule has 0 aromatic heterocycles. The fourth-order valence-electron chi connectivity index (χ4n) is 3.47. The Morgan fingerprint density at radius 1 is 0.853 bits per heavy atom. The average molecular weight is 496 g/mol. The van der Waals surface area contributed by atoms with Crippen molar-refractivity contribution >= 4 is 22.1 Å². The molecule has 34 heavy (non-hydrogen) atoms. The van der Waals surface area contributed by atoms with Crippen molar-refractivity contribution in [2.75, 3.05) is 25.6 Å². The van der Waals surface area contributed by atoms with Gasteiger partial charge in [-0.3, -0.25) is 0 Å². The minimum absolute atomic E-state index is 0.00901. The van der Waals surface area contributed by atoms with Crippen molar-refractivity contribution in [3.05, 3.63) is 41.5 Å². The van der Waals surface area contributed by atoms with Crippen LogP contribution in [0.3, 0.4) is 0 Å². The molecule has 10 heteroatoms. The van der Waals surface area contributed by atoms with E-state index in [0.717, 1.165) is 0 Å². The summed E-state index contributed by atoms with van der Waals surface area (Å²) >= 11 is 0. The molecule has 0 atom stereocenters. The Morgan fingerprint density at radius 2 is 1.29 bits per heavy atom. The van der Waals surface area contributed by atoms with E-state index >= 15 is 0 Å². The molecule has 0 aliphatic rings. The lowest BCUT2D eigenvalue weighted by atomic mass is 9.79. The van der Waals surface area contributed by atoms with Crippen LogP contribution < -0.4 is 22.7 Å². The van der Waals surface area contributed by atoms with Crippen molar-refractivity contribution in [1.82, 2.24) is 0 Å². The van der Waals surface area contributed by atoms with Gasteiger partial charge in [0.25, 0.3) is 0 Å². The summed E-state index contributed by atoms with van der Waals surface area (Å²) in [5.74, 6) is 0.0137. The summed E-state index contributed by atoms with van der Waals surface area (Å²) in [5.41, 5.74) is -0.0577. The highest BCUT2D eigenvalue weighted by molar-refractivity contribution is 7.89. The Balaban J connectivity index is 2.84. The van der Waals surface area contributed by atoms with E-state index in [4.69, 9.17) is 18.4 Å². The molecule has 2 aromatic rings. The molecule has 1 amide bonds. The predicted octanol–water partition coefficient (Wildman–Crippen LogP) is 5.12. The van der Waals surface area contributed by atoms with Gasteiger partial charge in [-0.2, -0.15) is 8.42 Å². The lowest BCUT2D eigenvalue weighted by Gasteiger charge is -2.33. The van der Waals surface area contributed by atoms with Gasteiger partial charge in [0.1, 0.15) is 5.75 Å². The van der Waals surface area contributed by atoms with Crippen LogP contribution in [0.15, 0.2) is 30.3 Å². The van der Waals surface area contributed by atoms with E-state index in [9.17, 15) is 18.3 Å². The number of methoxy groups -OCH3 is 3. The molecule has 0 bridgehead atoms. The molecule has 0 radical (unpaired) electrons.